The molecule has 1 aliphatic heterocycles. The second kappa shape index (κ2) is 7.43. The van der Waals surface area contributed by atoms with Crippen molar-refractivity contribution in [3.05, 3.63) is 70.7 Å². The van der Waals surface area contributed by atoms with E-state index in [1.165, 1.54) is 38.5 Å². The van der Waals surface area contributed by atoms with Gasteiger partial charge in [-0.1, -0.05) is 6.08 Å². The van der Waals surface area contributed by atoms with Crippen molar-refractivity contribution in [3.63, 3.8) is 0 Å². The van der Waals surface area contributed by atoms with Gasteiger partial charge in [0.1, 0.15) is 29.1 Å². The van der Waals surface area contributed by atoms with Gasteiger partial charge in [-0.2, -0.15) is 0 Å². The summed E-state index contributed by atoms with van der Waals surface area (Å²) in [5, 5.41) is 9.70. The Morgan fingerprint density at radius 1 is 1.24 bits per heavy atom. The van der Waals surface area contributed by atoms with E-state index in [4.69, 9.17) is 14.2 Å². The number of carbonyl (C=O) groups excluding carboxylic acids is 3. The molecule has 7 heteroatoms. The Labute approximate surface area is 167 Å². The number of methoxy groups -OCH3 is 1. The standard InChI is InChI=1S/C22H20O7/c1-5-6-15-8-13-9-18(24)22(3,20(25)16(13)11-28-15)29-21(26)19-12(2)7-14(23)10-17(19)27-4/h5-11,23H,1-4H3/t22-/m0/s1. The van der Waals surface area contributed by atoms with Crippen LogP contribution < -0.4 is 4.74 Å². The molecule has 0 saturated heterocycles. The molecule has 0 bridgehead atoms. The summed E-state index contributed by atoms with van der Waals surface area (Å²) in [7, 11) is 1.33. The largest absolute Gasteiger partial charge is 0.508 e. The summed E-state index contributed by atoms with van der Waals surface area (Å²) in [6.07, 6.45) is 7.52. The number of allylic oxidation sites excluding steroid dienone is 4. The lowest BCUT2D eigenvalue weighted by Crippen LogP contribution is -2.50. The number of Topliss-reactive ketones (excluding diaryl/α,β-unsaturated/α-hetero) is 1. The highest BCUT2D eigenvalue weighted by atomic mass is 16.6. The third-order valence-electron chi connectivity index (χ3n) is 4.69. The van der Waals surface area contributed by atoms with Crippen LogP contribution >= 0.6 is 0 Å². The zero-order valence-electron chi connectivity index (χ0n) is 16.4. The average molecular weight is 396 g/mol. The number of phenols is 1. The second-order valence-electron chi connectivity index (χ2n) is 6.75. The van der Waals surface area contributed by atoms with Gasteiger partial charge in [-0.15, -0.1) is 0 Å². The van der Waals surface area contributed by atoms with E-state index in [1.54, 1.807) is 25.2 Å². The van der Waals surface area contributed by atoms with Crippen molar-refractivity contribution in [1.29, 1.82) is 0 Å². The summed E-state index contributed by atoms with van der Waals surface area (Å²) in [4.78, 5) is 38.6. The van der Waals surface area contributed by atoms with Crippen LogP contribution in [0.25, 0.3) is 0 Å². The first-order valence-corrected chi connectivity index (χ1v) is 8.84. The SMILES string of the molecule is CC=CC1=CC2=CC(=O)[C@](C)(OC(=O)c3c(C)cc(O)cc3OC)C(=O)C2=CO1. The van der Waals surface area contributed by atoms with E-state index in [-0.39, 0.29) is 22.6 Å². The van der Waals surface area contributed by atoms with Gasteiger partial charge in [0.05, 0.1) is 12.7 Å². The minimum absolute atomic E-state index is 0.0195. The van der Waals surface area contributed by atoms with Crippen LogP contribution in [0.2, 0.25) is 0 Å². The van der Waals surface area contributed by atoms with E-state index in [0.29, 0.717) is 16.9 Å². The molecular weight excluding hydrogens is 376 g/mol. The van der Waals surface area contributed by atoms with Crippen LogP contribution in [0.15, 0.2) is 59.6 Å². The van der Waals surface area contributed by atoms with Crippen molar-refractivity contribution in [2.75, 3.05) is 7.11 Å². The van der Waals surface area contributed by atoms with Crippen molar-refractivity contribution in [2.24, 2.45) is 0 Å². The lowest BCUT2D eigenvalue weighted by atomic mass is 9.80. The molecule has 7 nitrogen and oxygen atoms in total. The molecule has 0 amide bonds. The Kier molecular flexibility index (Phi) is 5.16. The monoisotopic (exact) mass is 396 g/mol. The summed E-state index contributed by atoms with van der Waals surface area (Å²) in [6, 6.07) is 2.61. The molecule has 0 fully saturated rings. The van der Waals surface area contributed by atoms with Gasteiger partial charge < -0.3 is 19.3 Å². The molecule has 0 saturated carbocycles. The Bertz CT molecular complexity index is 1040. The number of rotatable bonds is 4. The van der Waals surface area contributed by atoms with Gasteiger partial charge in [0.15, 0.2) is 0 Å². The number of aryl methyl sites for hydroxylation is 1. The zero-order chi connectivity index (χ0) is 21.3. The lowest BCUT2D eigenvalue weighted by Gasteiger charge is -2.31. The number of carbonyl (C=O) groups is 3. The first kappa shape index (κ1) is 20.1. The molecule has 1 heterocycles. The number of ketones is 2. The predicted octanol–water partition coefficient (Wildman–Crippen LogP) is 3.08. The van der Waals surface area contributed by atoms with Crippen LogP contribution in [0, 0.1) is 6.92 Å². The van der Waals surface area contributed by atoms with E-state index in [9.17, 15) is 19.5 Å². The Morgan fingerprint density at radius 2 is 1.97 bits per heavy atom. The summed E-state index contributed by atoms with van der Waals surface area (Å²) in [6.45, 7) is 4.64. The molecule has 1 aliphatic carbocycles. The zero-order valence-corrected chi connectivity index (χ0v) is 16.4. The molecule has 3 rings (SSSR count). The predicted molar refractivity (Wildman–Crippen MR) is 103 cm³/mol. The Balaban J connectivity index is 1.98. The van der Waals surface area contributed by atoms with E-state index >= 15 is 0 Å². The van der Waals surface area contributed by atoms with Gasteiger partial charge in [-0.25, -0.2) is 4.79 Å². The topological polar surface area (TPSA) is 99.1 Å². The van der Waals surface area contributed by atoms with E-state index in [0.717, 1.165) is 0 Å². The van der Waals surface area contributed by atoms with E-state index < -0.39 is 23.1 Å². The Hall–Kier alpha value is -3.61. The highest BCUT2D eigenvalue weighted by Crippen LogP contribution is 2.35. The quantitative estimate of drug-likeness (QED) is 0.617. The molecule has 1 aromatic rings. The maximum absolute atomic E-state index is 13.0. The maximum atomic E-state index is 13.0. The lowest BCUT2D eigenvalue weighted by molar-refractivity contribution is -0.145. The minimum atomic E-state index is -2.04. The van der Waals surface area contributed by atoms with Crippen LogP contribution in [-0.4, -0.2) is 35.4 Å². The fraction of sp³-hybridized carbons (Fsp3) is 0.227. The molecule has 1 atom stereocenters. The number of hydrogen-bond acceptors (Lipinski definition) is 7. The molecule has 0 spiro atoms. The molecular formula is C22H20O7. The summed E-state index contributed by atoms with van der Waals surface area (Å²) in [5.41, 5.74) is -1.11. The summed E-state index contributed by atoms with van der Waals surface area (Å²) < 4.78 is 15.9. The van der Waals surface area contributed by atoms with Crippen molar-refractivity contribution in [2.45, 2.75) is 26.4 Å². The molecule has 2 aliphatic rings. The number of benzene rings is 1. The molecule has 29 heavy (non-hydrogen) atoms. The summed E-state index contributed by atoms with van der Waals surface area (Å²) in [5.74, 6) is -1.79. The van der Waals surface area contributed by atoms with Crippen LogP contribution in [0.1, 0.15) is 29.8 Å². The fourth-order valence-corrected chi connectivity index (χ4v) is 3.16. The van der Waals surface area contributed by atoms with E-state index in [2.05, 4.69) is 0 Å². The molecule has 0 aromatic heterocycles. The first-order chi connectivity index (χ1) is 13.7. The van der Waals surface area contributed by atoms with Crippen LogP contribution in [0.5, 0.6) is 11.5 Å². The molecule has 150 valence electrons. The normalized spacial score (nSPS) is 21.0. The average Bonchev–Trinajstić information content (AvgIpc) is 2.66. The summed E-state index contributed by atoms with van der Waals surface area (Å²) >= 11 is 0. The smallest absolute Gasteiger partial charge is 0.343 e. The first-order valence-electron chi connectivity index (χ1n) is 8.84. The number of fused-ring (bicyclic) bond motifs is 1. The van der Waals surface area contributed by atoms with Crippen LogP contribution in [-0.2, 0) is 19.1 Å². The van der Waals surface area contributed by atoms with Gasteiger partial charge in [-0.05, 0) is 56.2 Å². The second-order valence-corrected chi connectivity index (χ2v) is 6.75. The molecule has 0 radical (unpaired) electrons. The maximum Gasteiger partial charge on any atom is 0.343 e. The van der Waals surface area contributed by atoms with Crippen LogP contribution in [0.3, 0.4) is 0 Å². The third-order valence-corrected chi connectivity index (χ3v) is 4.69. The van der Waals surface area contributed by atoms with Crippen molar-refractivity contribution in [1.82, 2.24) is 0 Å². The van der Waals surface area contributed by atoms with Gasteiger partial charge in [0.25, 0.3) is 0 Å². The van der Waals surface area contributed by atoms with Crippen molar-refractivity contribution < 1.29 is 33.7 Å². The molecule has 1 N–H and O–H groups in total. The van der Waals surface area contributed by atoms with Crippen LogP contribution in [0.4, 0.5) is 0 Å². The van der Waals surface area contributed by atoms with Gasteiger partial charge in [-0.3, -0.25) is 9.59 Å². The number of ether oxygens (including phenoxy) is 3. The molecule has 1 aromatic carbocycles. The minimum Gasteiger partial charge on any atom is -0.508 e. The molecule has 0 unspecified atom stereocenters. The van der Waals surface area contributed by atoms with Gasteiger partial charge >= 0.3 is 5.97 Å². The van der Waals surface area contributed by atoms with Crippen molar-refractivity contribution in [3.8, 4) is 11.5 Å². The number of aromatic hydroxyl groups is 1. The van der Waals surface area contributed by atoms with E-state index in [1.807, 2.05) is 6.92 Å². The highest BCUT2D eigenvalue weighted by Gasteiger charge is 2.49. The Morgan fingerprint density at radius 3 is 2.62 bits per heavy atom. The number of esters is 1. The third kappa shape index (κ3) is 3.47. The van der Waals surface area contributed by atoms with Crippen molar-refractivity contribution >= 4 is 17.5 Å². The van der Waals surface area contributed by atoms with Gasteiger partial charge in [0, 0.05) is 6.07 Å². The fourth-order valence-electron chi connectivity index (χ4n) is 3.16. The highest BCUT2D eigenvalue weighted by molar-refractivity contribution is 6.26. The number of phenolic OH excluding ortho intramolecular Hbond substituents is 1. The number of hydrogen-bond donors (Lipinski definition) is 1. The van der Waals surface area contributed by atoms with Gasteiger partial charge in [0.2, 0.25) is 17.2 Å².